The molecule has 0 aromatic heterocycles. The summed E-state index contributed by atoms with van der Waals surface area (Å²) in [7, 11) is 2.16. The molecule has 0 aromatic carbocycles. The number of carbonyl (C=O) groups excluding carboxylic acids is 1. The molecule has 1 rings (SSSR count). The molecule has 0 unspecified atom stereocenters. The van der Waals surface area contributed by atoms with Crippen molar-refractivity contribution < 1.29 is 4.79 Å². The average Bonchev–Trinajstić information content (AvgIpc) is 2.09. The first-order valence-electron chi connectivity index (χ1n) is 4.67. The molecule has 1 heterocycles. The SMILES string of the molecule is CN1CCN(CCCC=O)CC1. The standard InChI is InChI=1S/C9H18N2O/c1-10-5-7-11(8-6-10)4-2-3-9-12/h9H,2-8H2,1H3. The zero-order valence-corrected chi connectivity index (χ0v) is 7.83. The van der Waals surface area contributed by atoms with Crippen LogP contribution < -0.4 is 0 Å². The normalized spacial score (nSPS) is 21.1. The highest BCUT2D eigenvalue weighted by Crippen LogP contribution is 2.00. The molecule has 0 amide bonds. The predicted molar refractivity (Wildman–Crippen MR) is 49.2 cm³/mol. The van der Waals surface area contributed by atoms with Gasteiger partial charge in [-0.05, 0) is 20.0 Å². The van der Waals surface area contributed by atoms with Gasteiger partial charge in [0.25, 0.3) is 0 Å². The van der Waals surface area contributed by atoms with E-state index in [2.05, 4.69) is 16.8 Å². The van der Waals surface area contributed by atoms with Gasteiger partial charge in [0.15, 0.2) is 0 Å². The minimum atomic E-state index is 0.715. The summed E-state index contributed by atoms with van der Waals surface area (Å²) in [5, 5.41) is 0. The van der Waals surface area contributed by atoms with Gasteiger partial charge in [-0.25, -0.2) is 0 Å². The number of carbonyl (C=O) groups is 1. The summed E-state index contributed by atoms with van der Waals surface area (Å²) in [6.07, 6.45) is 2.75. The number of unbranched alkanes of at least 4 members (excludes halogenated alkanes) is 1. The summed E-state index contributed by atoms with van der Waals surface area (Å²) >= 11 is 0. The number of nitrogens with zero attached hydrogens (tertiary/aromatic N) is 2. The second kappa shape index (κ2) is 5.27. The zero-order chi connectivity index (χ0) is 8.81. The van der Waals surface area contributed by atoms with Crippen molar-refractivity contribution in [1.82, 2.24) is 9.80 Å². The van der Waals surface area contributed by atoms with E-state index in [1.54, 1.807) is 0 Å². The van der Waals surface area contributed by atoms with Crippen molar-refractivity contribution in [3.63, 3.8) is 0 Å². The Labute approximate surface area is 74.3 Å². The molecule has 1 aliphatic rings. The van der Waals surface area contributed by atoms with Gasteiger partial charge in [0.05, 0.1) is 0 Å². The van der Waals surface area contributed by atoms with Gasteiger partial charge >= 0.3 is 0 Å². The van der Waals surface area contributed by atoms with Gasteiger partial charge in [0.1, 0.15) is 6.29 Å². The van der Waals surface area contributed by atoms with Crippen LogP contribution in [0.15, 0.2) is 0 Å². The van der Waals surface area contributed by atoms with Gasteiger partial charge in [-0.3, -0.25) is 0 Å². The van der Waals surface area contributed by atoms with Crippen molar-refractivity contribution in [2.75, 3.05) is 39.8 Å². The minimum absolute atomic E-state index is 0.715. The van der Waals surface area contributed by atoms with Crippen LogP contribution in [0.5, 0.6) is 0 Å². The van der Waals surface area contributed by atoms with Gasteiger partial charge in [-0.1, -0.05) is 0 Å². The third-order valence-electron chi connectivity index (χ3n) is 2.39. The summed E-state index contributed by atoms with van der Waals surface area (Å²) in [5.41, 5.74) is 0. The molecule has 0 atom stereocenters. The van der Waals surface area contributed by atoms with Crippen LogP contribution in [0, 0.1) is 0 Å². The predicted octanol–water partition coefficient (Wildman–Crippen LogP) is 0.213. The van der Waals surface area contributed by atoms with E-state index >= 15 is 0 Å². The lowest BCUT2D eigenvalue weighted by Crippen LogP contribution is -2.44. The van der Waals surface area contributed by atoms with Gasteiger partial charge in [-0.2, -0.15) is 0 Å². The topological polar surface area (TPSA) is 23.6 Å². The monoisotopic (exact) mass is 170 g/mol. The fourth-order valence-electron chi connectivity index (χ4n) is 1.47. The first-order chi connectivity index (χ1) is 5.83. The third-order valence-corrected chi connectivity index (χ3v) is 2.39. The second-order valence-electron chi connectivity index (χ2n) is 3.45. The fourth-order valence-corrected chi connectivity index (χ4v) is 1.47. The van der Waals surface area contributed by atoms with Crippen molar-refractivity contribution in [1.29, 1.82) is 0 Å². The molecule has 1 saturated heterocycles. The number of hydrogen-bond acceptors (Lipinski definition) is 3. The molecule has 0 radical (unpaired) electrons. The van der Waals surface area contributed by atoms with Crippen LogP contribution in [0.2, 0.25) is 0 Å². The quantitative estimate of drug-likeness (QED) is 0.445. The van der Waals surface area contributed by atoms with Crippen molar-refractivity contribution in [3.05, 3.63) is 0 Å². The number of likely N-dealkylation sites (N-methyl/N-ethyl adjacent to an activating group) is 1. The Balaban J connectivity index is 2.05. The van der Waals surface area contributed by atoms with E-state index < -0.39 is 0 Å². The smallest absolute Gasteiger partial charge is 0.120 e. The summed E-state index contributed by atoms with van der Waals surface area (Å²) in [4.78, 5) is 14.8. The van der Waals surface area contributed by atoms with E-state index in [1.807, 2.05) is 0 Å². The summed E-state index contributed by atoms with van der Waals surface area (Å²) in [6.45, 7) is 5.75. The van der Waals surface area contributed by atoms with E-state index in [9.17, 15) is 4.79 Å². The maximum absolute atomic E-state index is 10.1. The molecule has 0 aliphatic carbocycles. The lowest BCUT2D eigenvalue weighted by Gasteiger charge is -2.32. The highest BCUT2D eigenvalue weighted by Gasteiger charge is 2.12. The molecular formula is C9H18N2O. The summed E-state index contributed by atoms with van der Waals surface area (Å²) in [6, 6.07) is 0. The molecule has 3 nitrogen and oxygen atoms in total. The molecule has 0 bridgehead atoms. The fraction of sp³-hybridized carbons (Fsp3) is 0.889. The van der Waals surface area contributed by atoms with Crippen molar-refractivity contribution in [2.24, 2.45) is 0 Å². The Bertz CT molecular complexity index is 130. The lowest BCUT2D eigenvalue weighted by atomic mass is 10.2. The van der Waals surface area contributed by atoms with Crippen LogP contribution in [-0.4, -0.2) is 55.9 Å². The van der Waals surface area contributed by atoms with E-state index in [0.29, 0.717) is 6.42 Å². The summed E-state index contributed by atoms with van der Waals surface area (Å²) in [5.74, 6) is 0. The number of piperazine rings is 1. The molecule has 70 valence electrons. The van der Waals surface area contributed by atoms with Gasteiger partial charge in [0.2, 0.25) is 0 Å². The number of aldehydes is 1. The number of rotatable bonds is 4. The number of hydrogen-bond donors (Lipinski definition) is 0. The van der Waals surface area contributed by atoms with Gasteiger partial charge < -0.3 is 14.6 Å². The lowest BCUT2D eigenvalue weighted by molar-refractivity contribution is -0.108. The van der Waals surface area contributed by atoms with Crippen LogP contribution in [0.3, 0.4) is 0 Å². The molecular weight excluding hydrogens is 152 g/mol. The molecule has 0 aromatic rings. The Morgan fingerprint density at radius 1 is 1.25 bits per heavy atom. The maximum atomic E-state index is 10.1. The molecule has 0 N–H and O–H groups in total. The Hall–Kier alpha value is -0.410. The molecule has 3 heteroatoms. The van der Waals surface area contributed by atoms with Crippen molar-refractivity contribution in [2.45, 2.75) is 12.8 Å². The van der Waals surface area contributed by atoms with Gasteiger partial charge in [0, 0.05) is 32.6 Å². The van der Waals surface area contributed by atoms with Crippen molar-refractivity contribution in [3.8, 4) is 0 Å². The zero-order valence-electron chi connectivity index (χ0n) is 7.83. The first kappa shape index (κ1) is 9.68. The highest BCUT2D eigenvalue weighted by atomic mass is 16.1. The van der Waals surface area contributed by atoms with Crippen LogP contribution >= 0.6 is 0 Å². The average molecular weight is 170 g/mol. The molecule has 1 aliphatic heterocycles. The minimum Gasteiger partial charge on any atom is -0.304 e. The van der Waals surface area contributed by atoms with E-state index in [4.69, 9.17) is 0 Å². The van der Waals surface area contributed by atoms with Crippen LogP contribution in [0.1, 0.15) is 12.8 Å². The Morgan fingerprint density at radius 3 is 2.50 bits per heavy atom. The largest absolute Gasteiger partial charge is 0.304 e. The first-order valence-corrected chi connectivity index (χ1v) is 4.67. The van der Waals surface area contributed by atoms with E-state index in [1.165, 1.54) is 13.1 Å². The van der Waals surface area contributed by atoms with E-state index in [-0.39, 0.29) is 0 Å². The third kappa shape index (κ3) is 3.32. The van der Waals surface area contributed by atoms with Crippen molar-refractivity contribution >= 4 is 6.29 Å². The molecule has 12 heavy (non-hydrogen) atoms. The van der Waals surface area contributed by atoms with Crippen LogP contribution in [0.4, 0.5) is 0 Å². The molecule has 1 fully saturated rings. The second-order valence-corrected chi connectivity index (χ2v) is 3.45. The van der Waals surface area contributed by atoms with E-state index in [0.717, 1.165) is 32.3 Å². The highest BCUT2D eigenvalue weighted by molar-refractivity contribution is 5.48. The Kier molecular flexibility index (Phi) is 4.25. The molecule has 0 spiro atoms. The van der Waals surface area contributed by atoms with Gasteiger partial charge in [-0.15, -0.1) is 0 Å². The molecule has 0 saturated carbocycles. The Morgan fingerprint density at radius 2 is 1.92 bits per heavy atom. The summed E-state index contributed by atoms with van der Waals surface area (Å²) < 4.78 is 0. The maximum Gasteiger partial charge on any atom is 0.120 e. The van der Waals surface area contributed by atoms with Crippen LogP contribution in [-0.2, 0) is 4.79 Å². The van der Waals surface area contributed by atoms with Crippen LogP contribution in [0.25, 0.3) is 0 Å².